The van der Waals surface area contributed by atoms with Crippen molar-refractivity contribution in [3.05, 3.63) is 66.2 Å². The predicted molar refractivity (Wildman–Crippen MR) is 161 cm³/mol. The molecule has 2 aromatic carbocycles. The predicted octanol–water partition coefficient (Wildman–Crippen LogP) is 8.72. The molecule has 0 bridgehead atoms. The van der Waals surface area contributed by atoms with E-state index in [-0.39, 0.29) is 49.1 Å². The Balaban J connectivity index is 0.000000183. The summed E-state index contributed by atoms with van der Waals surface area (Å²) in [5.41, 5.74) is 4.81. The summed E-state index contributed by atoms with van der Waals surface area (Å²) in [5.74, 6) is 1.39. The molecule has 3 aliphatic carbocycles. The van der Waals surface area contributed by atoms with Gasteiger partial charge >= 0.3 is 0 Å². The van der Waals surface area contributed by atoms with Crippen LogP contribution in [0.3, 0.4) is 0 Å². The number of fused-ring (bicyclic) bond motifs is 2. The molecule has 1 aromatic heterocycles. The maximum atomic E-state index is 10.7. The van der Waals surface area contributed by atoms with Gasteiger partial charge in [0.15, 0.2) is 0 Å². The van der Waals surface area contributed by atoms with Crippen LogP contribution in [-0.4, -0.2) is 27.4 Å². The number of hydrogen-bond acceptors (Lipinski definition) is 3. The molecule has 2 N–H and O–H groups in total. The van der Waals surface area contributed by atoms with Crippen LogP contribution >= 0.6 is 0 Å². The largest absolute Gasteiger partial charge is 0.392 e. The number of aliphatic hydroxyl groups excluding tert-OH is 2. The number of nitrogens with zero attached hydrogens (tertiary/aromatic N) is 1. The average Bonchev–Trinajstić information content (AvgIpc) is 3.69. The van der Waals surface area contributed by atoms with E-state index >= 15 is 0 Å². The van der Waals surface area contributed by atoms with Gasteiger partial charge in [0.25, 0.3) is 0 Å². The van der Waals surface area contributed by atoms with Crippen LogP contribution in [0.2, 0.25) is 0 Å². The van der Waals surface area contributed by atoms with Crippen molar-refractivity contribution in [2.45, 2.75) is 110 Å². The van der Waals surface area contributed by atoms with E-state index in [2.05, 4.69) is 70.2 Å². The van der Waals surface area contributed by atoms with Crippen LogP contribution in [0.25, 0.3) is 22.2 Å². The fraction of sp³-hybridized carbons (Fsp3) is 0.583. The summed E-state index contributed by atoms with van der Waals surface area (Å²) in [7, 11) is 0. The van der Waals surface area contributed by atoms with Crippen LogP contribution < -0.4 is 0 Å². The van der Waals surface area contributed by atoms with Gasteiger partial charge in [-0.3, -0.25) is 4.98 Å². The van der Waals surface area contributed by atoms with Gasteiger partial charge in [-0.05, 0) is 91.4 Å². The molecule has 40 heavy (non-hydrogen) atoms. The van der Waals surface area contributed by atoms with E-state index in [1.807, 2.05) is 18.2 Å². The zero-order valence-electron chi connectivity index (χ0n) is 24.8. The summed E-state index contributed by atoms with van der Waals surface area (Å²) in [5, 5.41) is 22.8. The topological polar surface area (TPSA) is 53.4 Å². The van der Waals surface area contributed by atoms with E-state index in [0.29, 0.717) is 5.92 Å². The molecule has 3 aliphatic rings. The van der Waals surface area contributed by atoms with Crippen molar-refractivity contribution in [2.24, 2.45) is 22.7 Å². The Morgan fingerprint density at radius 1 is 0.800 bits per heavy atom. The minimum Gasteiger partial charge on any atom is -0.392 e. The van der Waals surface area contributed by atoms with Crippen LogP contribution in [0.4, 0.5) is 0 Å². The van der Waals surface area contributed by atoms with Crippen molar-refractivity contribution < 1.29 is 30.3 Å². The molecule has 1 radical (unpaired) electrons. The molecule has 4 heteroatoms. The maximum absolute atomic E-state index is 10.7. The summed E-state index contributed by atoms with van der Waals surface area (Å²) in [6.07, 6.45) is 11.2. The van der Waals surface area contributed by atoms with Crippen LogP contribution in [-0.2, 0) is 20.1 Å². The van der Waals surface area contributed by atoms with Crippen LogP contribution in [0.5, 0.6) is 0 Å². The Morgan fingerprint density at radius 2 is 1.43 bits per heavy atom. The number of rotatable bonds is 6. The number of aliphatic hydroxyl groups is 2. The Hall–Kier alpha value is -1.58. The Kier molecular flexibility index (Phi) is 10.3. The first kappa shape index (κ1) is 31.4. The van der Waals surface area contributed by atoms with Crippen molar-refractivity contribution in [3.63, 3.8) is 0 Å². The standard InChI is InChI=1S/C20H18N.C16H30O2.Ir/c1-2-9-16(10-3-1)19-14-13-18-17(15-7-4-5-8-15)11-6-12-20(18)21-19;1-5-15(6-2)9-11-10-16(7-3,8-4)14(18)12(11)13(15)17;/h1-3,6,9,11-15H,4-5,7-8H2;11-14,17-18H,5-10H2,1-4H3;/q-1;;. The fourth-order valence-corrected chi connectivity index (χ4v) is 8.52. The molecule has 3 aromatic rings. The van der Waals surface area contributed by atoms with Crippen LogP contribution in [0.1, 0.15) is 103 Å². The number of hydrogen-bond donors (Lipinski definition) is 2. The van der Waals surface area contributed by atoms with E-state index in [9.17, 15) is 10.2 Å². The third-order valence-electron chi connectivity index (χ3n) is 11.2. The smallest absolute Gasteiger partial charge is 0.0651 e. The first-order valence-electron chi connectivity index (χ1n) is 15.6. The maximum Gasteiger partial charge on any atom is 0.0651 e. The zero-order valence-corrected chi connectivity index (χ0v) is 27.2. The quantitative estimate of drug-likeness (QED) is 0.251. The summed E-state index contributed by atoms with van der Waals surface area (Å²) >= 11 is 0. The molecule has 2 atom stereocenters. The second kappa shape index (κ2) is 13.2. The molecule has 1 heterocycles. The molecule has 0 saturated heterocycles. The first-order valence-corrected chi connectivity index (χ1v) is 15.6. The number of aromatic nitrogens is 1. The monoisotopic (exact) mass is 719 g/mol. The second-order valence-corrected chi connectivity index (χ2v) is 12.6. The second-order valence-electron chi connectivity index (χ2n) is 12.6. The van der Waals surface area contributed by atoms with E-state index in [1.165, 1.54) is 36.6 Å². The minimum absolute atomic E-state index is 0. The summed E-state index contributed by atoms with van der Waals surface area (Å²) in [6, 6.07) is 22.2. The molecule has 3 fully saturated rings. The number of pyridine rings is 1. The van der Waals surface area contributed by atoms with Gasteiger partial charge < -0.3 is 10.2 Å². The van der Waals surface area contributed by atoms with Gasteiger partial charge in [-0.25, -0.2) is 0 Å². The first-order chi connectivity index (χ1) is 18.9. The van der Waals surface area contributed by atoms with Crippen molar-refractivity contribution in [3.8, 4) is 11.3 Å². The summed E-state index contributed by atoms with van der Waals surface area (Å²) in [4.78, 5) is 4.85. The molecule has 3 saturated carbocycles. The van der Waals surface area contributed by atoms with E-state index in [4.69, 9.17) is 4.98 Å². The fourth-order valence-electron chi connectivity index (χ4n) is 8.52. The molecule has 0 amide bonds. The molecule has 2 unspecified atom stereocenters. The SMILES string of the molecule is CCC1(CC)CC2CC(CC)(CC)C(O)C2C1O.[Ir].[c-]1ccccc1-c1ccc2c(C3CCCC3)cccc2n1. The van der Waals surface area contributed by atoms with Gasteiger partial charge in [0.05, 0.1) is 17.7 Å². The zero-order chi connectivity index (χ0) is 27.6. The molecule has 3 nitrogen and oxygen atoms in total. The average molecular weight is 719 g/mol. The third-order valence-corrected chi connectivity index (χ3v) is 11.2. The molecule has 0 spiro atoms. The Bertz CT molecular complexity index is 1200. The molecule has 6 rings (SSSR count). The van der Waals surface area contributed by atoms with Crippen LogP contribution in [0.15, 0.2) is 54.6 Å². The summed E-state index contributed by atoms with van der Waals surface area (Å²) in [6.45, 7) is 8.75. The molecule has 0 aliphatic heterocycles. The Labute approximate surface area is 255 Å². The van der Waals surface area contributed by atoms with Gasteiger partial charge in [0.2, 0.25) is 0 Å². The normalized spacial score (nSPS) is 26.6. The summed E-state index contributed by atoms with van der Waals surface area (Å²) < 4.78 is 0. The van der Waals surface area contributed by atoms with Gasteiger partial charge in [0, 0.05) is 31.4 Å². The van der Waals surface area contributed by atoms with Gasteiger partial charge in [0.1, 0.15) is 0 Å². The van der Waals surface area contributed by atoms with E-state index in [1.54, 1.807) is 0 Å². The van der Waals surface area contributed by atoms with Gasteiger partial charge in [-0.1, -0.05) is 64.8 Å². The van der Waals surface area contributed by atoms with Gasteiger partial charge in [-0.2, -0.15) is 0 Å². The van der Waals surface area contributed by atoms with Crippen molar-refractivity contribution in [1.82, 2.24) is 4.98 Å². The third kappa shape index (κ3) is 5.59. The Morgan fingerprint density at radius 3 is 1.95 bits per heavy atom. The molecular weight excluding hydrogens is 671 g/mol. The minimum atomic E-state index is -0.299. The van der Waals surface area contributed by atoms with Crippen LogP contribution in [0, 0.1) is 28.7 Å². The van der Waals surface area contributed by atoms with E-state index < -0.39 is 0 Å². The molecular formula is C36H48IrNO2-. The van der Waals surface area contributed by atoms with Crippen molar-refractivity contribution in [2.75, 3.05) is 0 Å². The van der Waals surface area contributed by atoms with Crippen molar-refractivity contribution >= 4 is 10.9 Å². The molecule has 219 valence electrons. The van der Waals surface area contributed by atoms with E-state index in [0.717, 1.165) is 61.2 Å². The van der Waals surface area contributed by atoms with Gasteiger partial charge in [-0.15, -0.1) is 35.9 Å². The number of benzene rings is 2. The van der Waals surface area contributed by atoms with Crippen molar-refractivity contribution in [1.29, 1.82) is 0 Å².